The Hall–Kier alpha value is -2.94. The van der Waals surface area contributed by atoms with Gasteiger partial charge in [-0.15, -0.1) is 0 Å². The Kier molecular flexibility index (Phi) is 7.27. The van der Waals surface area contributed by atoms with Crippen molar-refractivity contribution in [3.63, 3.8) is 0 Å². The maximum absolute atomic E-state index is 12.9. The van der Waals surface area contributed by atoms with E-state index in [0.717, 1.165) is 27.0 Å². The molecule has 0 atom stereocenters. The van der Waals surface area contributed by atoms with Crippen molar-refractivity contribution in [1.82, 2.24) is 0 Å². The lowest BCUT2D eigenvalue weighted by Crippen LogP contribution is -2.27. The van der Waals surface area contributed by atoms with E-state index in [1.165, 1.54) is 16.7 Å². The highest BCUT2D eigenvalue weighted by Gasteiger charge is 2.33. The smallest absolute Gasteiger partial charge is 0.270 e. The van der Waals surface area contributed by atoms with Gasteiger partial charge in [-0.2, -0.15) is 0 Å². The molecule has 0 radical (unpaired) electrons. The number of ether oxygens (including phenoxy) is 1. The Labute approximate surface area is 210 Å². The standard InChI is InChI=1S/C25H19BrN2O3S2/c1-16-4-2-6-19(12-16)27-23(29)15-31-21-10-8-17(9-11-21)13-22-24(30)28(25(32)33-22)20-7-3-5-18(26)14-20/h2-14H,15H2,1H3,(H,27,29)/b22-13+. The lowest BCUT2D eigenvalue weighted by Gasteiger charge is -2.14. The van der Waals surface area contributed by atoms with Crippen LogP contribution in [0.25, 0.3) is 6.08 Å². The fourth-order valence-electron chi connectivity index (χ4n) is 3.19. The van der Waals surface area contributed by atoms with Crippen molar-refractivity contribution in [2.75, 3.05) is 16.8 Å². The summed E-state index contributed by atoms with van der Waals surface area (Å²) in [7, 11) is 0. The Morgan fingerprint density at radius 1 is 1.12 bits per heavy atom. The van der Waals surface area contributed by atoms with Gasteiger partial charge in [0.2, 0.25) is 0 Å². The molecule has 8 heteroatoms. The van der Waals surface area contributed by atoms with Gasteiger partial charge in [0.1, 0.15) is 5.75 Å². The molecule has 1 heterocycles. The number of anilines is 2. The Morgan fingerprint density at radius 2 is 1.88 bits per heavy atom. The first kappa shape index (κ1) is 23.2. The zero-order valence-electron chi connectivity index (χ0n) is 17.6. The molecule has 166 valence electrons. The van der Waals surface area contributed by atoms with Gasteiger partial charge in [-0.05, 0) is 66.6 Å². The molecule has 1 N–H and O–H groups in total. The minimum atomic E-state index is -0.235. The summed E-state index contributed by atoms with van der Waals surface area (Å²) in [5.74, 6) is 0.172. The minimum absolute atomic E-state index is 0.0986. The second-order valence-electron chi connectivity index (χ2n) is 7.27. The van der Waals surface area contributed by atoms with Crippen LogP contribution in [0.2, 0.25) is 0 Å². The first-order valence-corrected chi connectivity index (χ1v) is 12.0. The van der Waals surface area contributed by atoms with Gasteiger partial charge in [-0.1, -0.05) is 70.2 Å². The lowest BCUT2D eigenvalue weighted by atomic mass is 10.2. The Bertz CT molecular complexity index is 1260. The number of thiocarbonyl (C=S) groups is 1. The van der Waals surface area contributed by atoms with Gasteiger partial charge in [-0.3, -0.25) is 14.5 Å². The largest absolute Gasteiger partial charge is 0.484 e. The number of thioether (sulfide) groups is 1. The fourth-order valence-corrected chi connectivity index (χ4v) is 4.87. The normalized spacial score (nSPS) is 14.6. The predicted molar refractivity (Wildman–Crippen MR) is 142 cm³/mol. The maximum atomic E-state index is 12.9. The molecule has 1 fully saturated rings. The van der Waals surface area contributed by atoms with Crippen molar-refractivity contribution in [3.8, 4) is 5.75 Å². The topological polar surface area (TPSA) is 58.6 Å². The van der Waals surface area contributed by atoms with Crippen LogP contribution in [-0.2, 0) is 9.59 Å². The molecule has 3 aromatic rings. The van der Waals surface area contributed by atoms with E-state index in [2.05, 4.69) is 21.2 Å². The molecule has 33 heavy (non-hydrogen) atoms. The SMILES string of the molecule is Cc1cccc(NC(=O)COc2ccc(/C=C3/SC(=S)N(c4cccc(Br)c4)C3=O)cc2)c1. The van der Waals surface area contributed by atoms with Crippen molar-refractivity contribution < 1.29 is 14.3 Å². The third-order valence-corrected chi connectivity index (χ3v) is 6.51. The third-order valence-electron chi connectivity index (χ3n) is 4.71. The number of hydrogen-bond acceptors (Lipinski definition) is 5. The van der Waals surface area contributed by atoms with Crippen molar-refractivity contribution in [1.29, 1.82) is 0 Å². The molecule has 0 bridgehead atoms. The molecular formula is C25H19BrN2O3S2. The van der Waals surface area contributed by atoms with Crippen LogP contribution in [0.3, 0.4) is 0 Å². The van der Waals surface area contributed by atoms with E-state index in [4.69, 9.17) is 17.0 Å². The zero-order chi connectivity index (χ0) is 23.4. The van der Waals surface area contributed by atoms with Crippen LogP contribution in [0.5, 0.6) is 5.75 Å². The summed E-state index contributed by atoms with van der Waals surface area (Å²) in [4.78, 5) is 27.1. The van der Waals surface area contributed by atoms with Crippen LogP contribution in [0.4, 0.5) is 11.4 Å². The summed E-state index contributed by atoms with van der Waals surface area (Å²) in [6, 6.07) is 22.2. The van der Waals surface area contributed by atoms with Crippen LogP contribution >= 0.6 is 39.9 Å². The number of halogens is 1. The molecule has 2 amide bonds. The van der Waals surface area contributed by atoms with Gasteiger partial charge < -0.3 is 10.1 Å². The molecular weight excluding hydrogens is 520 g/mol. The average Bonchev–Trinajstić information content (AvgIpc) is 3.06. The zero-order valence-corrected chi connectivity index (χ0v) is 20.8. The van der Waals surface area contributed by atoms with Crippen molar-refractivity contribution >= 4 is 73.5 Å². The fraction of sp³-hybridized carbons (Fsp3) is 0.0800. The predicted octanol–water partition coefficient (Wildman–Crippen LogP) is 6.18. The monoisotopic (exact) mass is 538 g/mol. The second-order valence-corrected chi connectivity index (χ2v) is 9.86. The molecule has 5 nitrogen and oxygen atoms in total. The Morgan fingerprint density at radius 3 is 2.61 bits per heavy atom. The number of rotatable bonds is 6. The van der Waals surface area contributed by atoms with E-state index >= 15 is 0 Å². The molecule has 0 aliphatic carbocycles. The molecule has 4 rings (SSSR count). The number of aryl methyl sites for hydroxylation is 1. The van der Waals surface area contributed by atoms with Gasteiger partial charge in [0.15, 0.2) is 10.9 Å². The van der Waals surface area contributed by atoms with E-state index in [9.17, 15) is 9.59 Å². The van der Waals surface area contributed by atoms with Crippen LogP contribution in [0.15, 0.2) is 82.2 Å². The van der Waals surface area contributed by atoms with E-state index < -0.39 is 0 Å². The summed E-state index contributed by atoms with van der Waals surface area (Å²) in [6.45, 7) is 1.87. The number of amides is 2. The van der Waals surface area contributed by atoms with Crippen molar-refractivity contribution in [2.45, 2.75) is 6.92 Å². The van der Waals surface area contributed by atoms with Crippen LogP contribution in [0, 0.1) is 6.92 Å². The number of hydrogen-bond donors (Lipinski definition) is 1. The summed E-state index contributed by atoms with van der Waals surface area (Å²) in [5, 5.41) is 2.81. The summed E-state index contributed by atoms with van der Waals surface area (Å²) in [6.07, 6.45) is 1.80. The first-order chi connectivity index (χ1) is 15.9. The Balaban J connectivity index is 1.37. The van der Waals surface area contributed by atoms with Gasteiger partial charge in [0.25, 0.3) is 11.8 Å². The number of nitrogens with zero attached hydrogens (tertiary/aromatic N) is 1. The molecule has 1 aliphatic rings. The van der Waals surface area contributed by atoms with Crippen LogP contribution in [0.1, 0.15) is 11.1 Å². The van der Waals surface area contributed by atoms with Crippen molar-refractivity contribution in [2.24, 2.45) is 0 Å². The van der Waals surface area contributed by atoms with E-state index in [1.54, 1.807) is 18.2 Å². The van der Waals surface area contributed by atoms with Crippen LogP contribution < -0.4 is 15.0 Å². The third kappa shape index (κ3) is 5.90. The van der Waals surface area contributed by atoms with Crippen LogP contribution in [-0.4, -0.2) is 22.7 Å². The number of benzene rings is 3. The van der Waals surface area contributed by atoms with Gasteiger partial charge in [0, 0.05) is 10.2 Å². The highest BCUT2D eigenvalue weighted by molar-refractivity contribution is 9.10. The summed E-state index contributed by atoms with van der Waals surface area (Å²) in [5.41, 5.74) is 3.36. The molecule has 0 spiro atoms. The van der Waals surface area contributed by atoms with E-state index in [-0.39, 0.29) is 18.4 Å². The summed E-state index contributed by atoms with van der Waals surface area (Å²) < 4.78 is 6.95. The molecule has 0 saturated carbocycles. The second kappa shape index (κ2) is 10.3. The highest BCUT2D eigenvalue weighted by atomic mass is 79.9. The summed E-state index contributed by atoms with van der Waals surface area (Å²) >= 11 is 10.1. The number of carbonyl (C=O) groups is 2. The molecule has 1 aliphatic heterocycles. The van der Waals surface area contributed by atoms with Crippen molar-refractivity contribution in [3.05, 3.63) is 93.3 Å². The quantitative estimate of drug-likeness (QED) is 0.300. The number of nitrogens with one attached hydrogen (secondary N) is 1. The molecule has 0 aromatic heterocycles. The highest BCUT2D eigenvalue weighted by Crippen LogP contribution is 2.36. The average molecular weight is 539 g/mol. The first-order valence-electron chi connectivity index (χ1n) is 10.0. The molecule has 1 saturated heterocycles. The number of carbonyl (C=O) groups excluding carboxylic acids is 2. The van der Waals surface area contributed by atoms with Gasteiger partial charge >= 0.3 is 0 Å². The maximum Gasteiger partial charge on any atom is 0.270 e. The van der Waals surface area contributed by atoms with Gasteiger partial charge in [0.05, 0.1) is 10.6 Å². The molecule has 0 unspecified atom stereocenters. The molecule has 3 aromatic carbocycles. The van der Waals surface area contributed by atoms with E-state index in [0.29, 0.717) is 15.0 Å². The van der Waals surface area contributed by atoms with Gasteiger partial charge in [-0.25, -0.2) is 0 Å². The van der Waals surface area contributed by atoms with E-state index in [1.807, 2.05) is 67.6 Å². The minimum Gasteiger partial charge on any atom is -0.484 e. The lowest BCUT2D eigenvalue weighted by molar-refractivity contribution is -0.118.